The summed E-state index contributed by atoms with van der Waals surface area (Å²) < 4.78 is 5.00. The van der Waals surface area contributed by atoms with E-state index in [9.17, 15) is 0 Å². The molecular formula is C20H24N4S. The highest BCUT2D eigenvalue weighted by Crippen LogP contribution is 2.35. The third-order valence-electron chi connectivity index (χ3n) is 5.89. The first-order valence-electron chi connectivity index (χ1n) is 9.46. The fraction of sp³-hybridized carbons (Fsp3) is 0.500. The molecule has 0 saturated heterocycles. The van der Waals surface area contributed by atoms with Gasteiger partial charge in [-0.25, -0.2) is 4.68 Å². The Bertz CT molecular complexity index is 992. The molecule has 2 aromatic heterocycles. The fourth-order valence-corrected chi connectivity index (χ4v) is 4.73. The van der Waals surface area contributed by atoms with Gasteiger partial charge in [-0.05, 0) is 62.5 Å². The summed E-state index contributed by atoms with van der Waals surface area (Å²) in [5, 5.41) is 6.13. The Balaban J connectivity index is 1.61. The summed E-state index contributed by atoms with van der Waals surface area (Å²) in [4.78, 5) is 2.67. The lowest BCUT2D eigenvalue weighted by Gasteiger charge is -2.28. The zero-order chi connectivity index (χ0) is 17.0. The van der Waals surface area contributed by atoms with Crippen LogP contribution in [-0.2, 0) is 6.67 Å². The zero-order valence-electron chi connectivity index (χ0n) is 14.7. The number of nitrogens with zero attached hydrogens (tertiary/aromatic N) is 4. The number of benzene rings is 1. The van der Waals surface area contributed by atoms with Crippen molar-refractivity contribution in [3.63, 3.8) is 0 Å². The molecule has 0 bridgehead atoms. The summed E-state index contributed by atoms with van der Waals surface area (Å²) in [6.45, 7) is 2.99. The standard InChI is InChI=1S/C20H24N4S/c1-14-12-19-21-23(13-22(16-10-11-16)15-6-2-3-7-15)20(25)24(19)18-9-5-4-8-17(14)18/h4-5,8-9,12,15-16H,2-3,6-7,10-11,13H2,1H3. The first-order chi connectivity index (χ1) is 12.2. The van der Waals surface area contributed by atoms with Crippen LogP contribution in [0.1, 0.15) is 44.1 Å². The molecule has 2 aliphatic carbocycles. The summed E-state index contributed by atoms with van der Waals surface area (Å²) in [5.74, 6) is 0. The van der Waals surface area contributed by atoms with E-state index in [-0.39, 0.29) is 0 Å². The molecule has 0 radical (unpaired) electrons. The lowest BCUT2D eigenvalue weighted by atomic mass is 10.1. The second-order valence-electron chi connectivity index (χ2n) is 7.65. The molecule has 1 aromatic carbocycles. The molecule has 0 unspecified atom stereocenters. The summed E-state index contributed by atoms with van der Waals surface area (Å²) in [6, 6.07) is 12.1. The van der Waals surface area contributed by atoms with Crippen LogP contribution in [0.4, 0.5) is 0 Å². The predicted octanol–water partition coefficient (Wildman–Crippen LogP) is 4.69. The van der Waals surface area contributed by atoms with Gasteiger partial charge >= 0.3 is 0 Å². The molecule has 0 atom stereocenters. The molecule has 3 aromatic rings. The molecule has 2 heterocycles. The van der Waals surface area contributed by atoms with E-state index in [0.717, 1.165) is 34.7 Å². The van der Waals surface area contributed by atoms with E-state index in [1.807, 2.05) is 4.68 Å². The number of hydrogen-bond donors (Lipinski definition) is 0. The molecule has 5 rings (SSSR count). The first-order valence-corrected chi connectivity index (χ1v) is 9.87. The smallest absolute Gasteiger partial charge is 0.204 e. The fourth-order valence-electron chi connectivity index (χ4n) is 4.44. The topological polar surface area (TPSA) is 25.5 Å². The number of aromatic nitrogens is 3. The number of pyridine rings is 1. The molecule has 0 spiro atoms. The molecule has 5 heteroatoms. The Morgan fingerprint density at radius 2 is 1.84 bits per heavy atom. The first kappa shape index (κ1) is 15.5. The van der Waals surface area contributed by atoms with Crippen molar-refractivity contribution in [2.75, 3.05) is 0 Å². The molecule has 25 heavy (non-hydrogen) atoms. The summed E-state index contributed by atoms with van der Waals surface area (Å²) in [6.07, 6.45) is 8.07. The minimum absolute atomic E-state index is 0.720. The molecular weight excluding hydrogens is 328 g/mol. The van der Waals surface area contributed by atoms with Gasteiger partial charge in [0.05, 0.1) is 12.2 Å². The maximum atomic E-state index is 5.83. The van der Waals surface area contributed by atoms with Crippen LogP contribution in [0, 0.1) is 11.7 Å². The third kappa shape index (κ3) is 2.61. The van der Waals surface area contributed by atoms with Gasteiger partial charge in [-0.3, -0.25) is 9.30 Å². The van der Waals surface area contributed by atoms with E-state index in [1.165, 1.54) is 49.5 Å². The molecule has 2 aliphatic rings. The lowest BCUT2D eigenvalue weighted by molar-refractivity contribution is 0.134. The average molecular weight is 353 g/mol. The Morgan fingerprint density at radius 1 is 1.12 bits per heavy atom. The highest BCUT2D eigenvalue weighted by Gasteiger charge is 2.35. The van der Waals surface area contributed by atoms with Crippen molar-refractivity contribution < 1.29 is 0 Å². The normalized spacial score (nSPS) is 18.8. The number of rotatable bonds is 4. The van der Waals surface area contributed by atoms with Crippen LogP contribution in [0.15, 0.2) is 30.3 Å². The van der Waals surface area contributed by atoms with Gasteiger partial charge in [-0.15, -0.1) is 0 Å². The third-order valence-corrected chi connectivity index (χ3v) is 6.28. The van der Waals surface area contributed by atoms with Gasteiger partial charge in [0.2, 0.25) is 4.77 Å². The van der Waals surface area contributed by atoms with Crippen molar-refractivity contribution in [2.24, 2.45) is 0 Å². The van der Waals surface area contributed by atoms with E-state index >= 15 is 0 Å². The second-order valence-corrected chi connectivity index (χ2v) is 8.01. The maximum Gasteiger partial charge on any atom is 0.204 e. The molecule has 4 nitrogen and oxygen atoms in total. The molecule has 130 valence electrons. The number of fused-ring (bicyclic) bond motifs is 3. The molecule has 2 fully saturated rings. The van der Waals surface area contributed by atoms with Gasteiger partial charge < -0.3 is 0 Å². The van der Waals surface area contributed by atoms with Crippen molar-refractivity contribution in [1.82, 2.24) is 19.1 Å². The van der Waals surface area contributed by atoms with Crippen molar-refractivity contribution >= 4 is 28.8 Å². The van der Waals surface area contributed by atoms with Gasteiger partial charge in [0.1, 0.15) is 0 Å². The van der Waals surface area contributed by atoms with Crippen LogP contribution in [0.5, 0.6) is 0 Å². The summed E-state index contributed by atoms with van der Waals surface area (Å²) in [7, 11) is 0. The van der Waals surface area contributed by atoms with Crippen molar-refractivity contribution in [3.05, 3.63) is 40.7 Å². The van der Waals surface area contributed by atoms with Gasteiger partial charge in [0, 0.05) is 17.5 Å². The lowest BCUT2D eigenvalue weighted by Crippen LogP contribution is -2.37. The molecule has 2 saturated carbocycles. The SMILES string of the molecule is Cc1cc2nn(CN(C3CCCC3)C3CC3)c(=S)n2c2ccccc12. The van der Waals surface area contributed by atoms with Crippen LogP contribution < -0.4 is 0 Å². The maximum absolute atomic E-state index is 5.83. The second kappa shape index (κ2) is 5.92. The Kier molecular flexibility index (Phi) is 3.68. The number of aryl methyl sites for hydroxylation is 1. The number of hydrogen-bond acceptors (Lipinski definition) is 3. The summed E-state index contributed by atoms with van der Waals surface area (Å²) >= 11 is 5.83. The van der Waals surface area contributed by atoms with Crippen LogP contribution in [-0.4, -0.2) is 31.2 Å². The predicted molar refractivity (Wildman–Crippen MR) is 103 cm³/mol. The van der Waals surface area contributed by atoms with Crippen LogP contribution >= 0.6 is 12.2 Å². The molecule has 0 N–H and O–H groups in total. The molecule has 0 amide bonds. The van der Waals surface area contributed by atoms with E-state index in [1.54, 1.807) is 0 Å². The Labute approximate surface area is 153 Å². The van der Waals surface area contributed by atoms with Crippen LogP contribution in [0.3, 0.4) is 0 Å². The zero-order valence-corrected chi connectivity index (χ0v) is 15.5. The van der Waals surface area contributed by atoms with Crippen molar-refractivity contribution in [1.29, 1.82) is 0 Å². The quantitative estimate of drug-likeness (QED) is 0.637. The van der Waals surface area contributed by atoms with Crippen molar-refractivity contribution in [2.45, 2.75) is 64.2 Å². The molecule has 0 aliphatic heterocycles. The van der Waals surface area contributed by atoms with E-state index in [2.05, 4.69) is 46.6 Å². The van der Waals surface area contributed by atoms with Gasteiger partial charge in [-0.1, -0.05) is 31.0 Å². The average Bonchev–Trinajstić information content (AvgIpc) is 3.21. The minimum Gasteiger partial charge on any atom is -0.278 e. The highest BCUT2D eigenvalue weighted by atomic mass is 32.1. The minimum atomic E-state index is 0.720. The van der Waals surface area contributed by atoms with Crippen LogP contribution in [0.2, 0.25) is 0 Å². The monoisotopic (exact) mass is 352 g/mol. The van der Waals surface area contributed by atoms with Crippen molar-refractivity contribution in [3.8, 4) is 0 Å². The largest absolute Gasteiger partial charge is 0.278 e. The van der Waals surface area contributed by atoms with Crippen LogP contribution in [0.25, 0.3) is 16.6 Å². The highest BCUT2D eigenvalue weighted by molar-refractivity contribution is 7.71. The van der Waals surface area contributed by atoms with Gasteiger partial charge in [0.25, 0.3) is 0 Å². The van der Waals surface area contributed by atoms with E-state index in [4.69, 9.17) is 17.3 Å². The van der Waals surface area contributed by atoms with Gasteiger partial charge in [0.15, 0.2) is 5.65 Å². The number of para-hydroxylation sites is 1. The van der Waals surface area contributed by atoms with Gasteiger partial charge in [-0.2, -0.15) is 5.10 Å². The Hall–Kier alpha value is -1.72. The Morgan fingerprint density at radius 3 is 2.60 bits per heavy atom. The van der Waals surface area contributed by atoms with E-state index < -0.39 is 0 Å². The summed E-state index contributed by atoms with van der Waals surface area (Å²) in [5.41, 5.74) is 3.38. The van der Waals surface area contributed by atoms with E-state index in [0.29, 0.717) is 0 Å².